The summed E-state index contributed by atoms with van der Waals surface area (Å²) in [4.78, 5) is 2.25. The molecule has 0 amide bonds. The molecule has 0 saturated carbocycles. The highest BCUT2D eigenvalue weighted by atomic mass is 16.3. The largest absolute Gasteiger partial charge is 0.395 e. The minimum Gasteiger partial charge on any atom is -0.395 e. The van der Waals surface area contributed by atoms with Crippen molar-refractivity contribution in [2.24, 2.45) is 0 Å². The lowest BCUT2D eigenvalue weighted by Crippen LogP contribution is -2.32. The van der Waals surface area contributed by atoms with Crippen molar-refractivity contribution < 1.29 is 5.11 Å². The molecule has 1 unspecified atom stereocenters. The molecular formula is C9H21NO. The predicted octanol–water partition coefficient (Wildman–Crippen LogP) is 1.49. The zero-order valence-corrected chi connectivity index (χ0v) is 8.17. The standard InChI is InChI=1S/C7H15NO.C2H6/c1-6-3-4-7(5-9)8(6)2;1-2/h6-7,9H,3-5H2,1-2H3;1-2H3/t6?,7-;/m0./s1. The molecule has 1 aliphatic rings. The molecule has 1 N–H and O–H groups in total. The van der Waals surface area contributed by atoms with Crippen LogP contribution in [0.3, 0.4) is 0 Å². The van der Waals surface area contributed by atoms with Gasteiger partial charge in [-0.05, 0) is 26.8 Å². The monoisotopic (exact) mass is 159 g/mol. The second-order valence-corrected chi connectivity index (χ2v) is 2.93. The molecule has 2 nitrogen and oxygen atoms in total. The molecule has 1 aliphatic heterocycles. The van der Waals surface area contributed by atoms with Crippen LogP contribution in [0, 0.1) is 0 Å². The van der Waals surface area contributed by atoms with Crippen LogP contribution >= 0.6 is 0 Å². The number of hydrogen-bond donors (Lipinski definition) is 1. The molecule has 0 radical (unpaired) electrons. The molecule has 0 aliphatic carbocycles. The van der Waals surface area contributed by atoms with Crippen LogP contribution in [-0.2, 0) is 0 Å². The molecule has 0 bridgehead atoms. The first-order valence-electron chi connectivity index (χ1n) is 4.58. The summed E-state index contributed by atoms with van der Waals surface area (Å²) >= 11 is 0. The van der Waals surface area contributed by atoms with E-state index in [1.54, 1.807) is 0 Å². The summed E-state index contributed by atoms with van der Waals surface area (Å²) in [6, 6.07) is 1.10. The van der Waals surface area contributed by atoms with Gasteiger partial charge >= 0.3 is 0 Å². The lowest BCUT2D eigenvalue weighted by atomic mass is 10.2. The molecule has 1 rings (SSSR count). The minimum atomic E-state index is 0.320. The quantitative estimate of drug-likeness (QED) is 0.626. The van der Waals surface area contributed by atoms with Crippen LogP contribution in [0.4, 0.5) is 0 Å². The third-order valence-electron chi connectivity index (χ3n) is 2.40. The number of hydrogen-bond acceptors (Lipinski definition) is 2. The number of aliphatic hydroxyl groups excluding tert-OH is 1. The fourth-order valence-electron chi connectivity index (χ4n) is 1.42. The fraction of sp³-hybridized carbons (Fsp3) is 1.00. The van der Waals surface area contributed by atoms with Gasteiger partial charge in [0.15, 0.2) is 0 Å². The molecule has 0 aromatic rings. The summed E-state index contributed by atoms with van der Waals surface area (Å²) in [7, 11) is 2.08. The van der Waals surface area contributed by atoms with Crippen molar-refractivity contribution in [1.82, 2.24) is 4.90 Å². The lowest BCUT2D eigenvalue weighted by molar-refractivity contribution is 0.161. The van der Waals surface area contributed by atoms with Gasteiger partial charge in [0.05, 0.1) is 6.61 Å². The number of likely N-dealkylation sites (tertiary alicyclic amines) is 1. The summed E-state index contributed by atoms with van der Waals surface area (Å²) in [5.74, 6) is 0. The second kappa shape index (κ2) is 5.56. The van der Waals surface area contributed by atoms with Gasteiger partial charge in [0, 0.05) is 12.1 Å². The van der Waals surface area contributed by atoms with Gasteiger partial charge in [-0.2, -0.15) is 0 Å². The normalized spacial score (nSPS) is 31.4. The summed E-state index contributed by atoms with van der Waals surface area (Å²) in [6.45, 7) is 6.52. The highest BCUT2D eigenvalue weighted by Crippen LogP contribution is 2.20. The van der Waals surface area contributed by atoms with E-state index in [4.69, 9.17) is 5.11 Å². The number of nitrogens with zero attached hydrogens (tertiary/aromatic N) is 1. The zero-order valence-electron chi connectivity index (χ0n) is 8.17. The summed E-state index contributed by atoms with van der Waals surface area (Å²) in [5, 5.41) is 8.81. The topological polar surface area (TPSA) is 23.5 Å². The number of aliphatic hydroxyl groups is 1. The van der Waals surface area contributed by atoms with Crippen molar-refractivity contribution in [3.05, 3.63) is 0 Å². The highest BCUT2D eigenvalue weighted by molar-refractivity contribution is 4.81. The molecule has 0 spiro atoms. The third-order valence-corrected chi connectivity index (χ3v) is 2.40. The van der Waals surface area contributed by atoms with Gasteiger partial charge in [-0.25, -0.2) is 0 Å². The van der Waals surface area contributed by atoms with Crippen LogP contribution < -0.4 is 0 Å². The highest BCUT2D eigenvalue weighted by Gasteiger charge is 2.25. The van der Waals surface area contributed by atoms with Crippen molar-refractivity contribution in [2.45, 2.75) is 45.7 Å². The van der Waals surface area contributed by atoms with Gasteiger partial charge in [-0.3, -0.25) is 4.90 Å². The van der Waals surface area contributed by atoms with Crippen LogP contribution in [-0.4, -0.2) is 35.7 Å². The van der Waals surface area contributed by atoms with Crippen LogP contribution in [0.25, 0.3) is 0 Å². The Hall–Kier alpha value is -0.0800. The van der Waals surface area contributed by atoms with Crippen molar-refractivity contribution >= 4 is 0 Å². The Kier molecular flexibility index (Phi) is 5.51. The predicted molar refractivity (Wildman–Crippen MR) is 48.7 cm³/mol. The molecule has 2 atom stereocenters. The minimum absolute atomic E-state index is 0.320. The van der Waals surface area contributed by atoms with Crippen molar-refractivity contribution in [3.8, 4) is 0 Å². The van der Waals surface area contributed by atoms with Gasteiger partial charge in [-0.1, -0.05) is 13.8 Å². The Balaban J connectivity index is 0.000000461. The molecule has 1 fully saturated rings. The third kappa shape index (κ3) is 2.80. The van der Waals surface area contributed by atoms with E-state index in [0.29, 0.717) is 18.7 Å². The molecule has 1 heterocycles. The molecule has 0 aromatic carbocycles. The maximum absolute atomic E-state index is 8.81. The molecular weight excluding hydrogens is 138 g/mol. The Morgan fingerprint density at radius 2 is 1.91 bits per heavy atom. The van der Waals surface area contributed by atoms with Crippen molar-refractivity contribution in [1.29, 1.82) is 0 Å². The van der Waals surface area contributed by atoms with E-state index in [1.165, 1.54) is 6.42 Å². The first kappa shape index (κ1) is 10.9. The maximum Gasteiger partial charge on any atom is 0.0586 e. The van der Waals surface area contributed by atoms with E-state index in [0.717, 1.165) is 6.42 Å². The Labute approximate surface area is 70.2 Å². The van der Waals surface area contributed by atoms with Crippen LogP contribution in [0.5, 0.6) is 0 Å². The molecule has 1 saturated heterocycles. The number of likely N-dealkylation sites (N-methyl/N-ethyl adjacent to an activating group) is 1. The zero-order chi connectivity index (χ0) is 8.85. The Bertz CT molecular complexity index is 95.6. The van der Waals surface area contributed by atoms with E-state index in [-0.39, 0.29) is 0 Å². The van der Waals surface area contributed by atoms with Crippen molar-refractivity contribution in [2.75, 3.05) is 13.7 Å². The van der Waals surface area contributed by atoms with Crippen LogP contribution in [0.1, 0.15) is 33.6 Å². The molecule has 11 heavy (non-hydrogen) atoms. The van der Waals surface area contributed by atoms with Gasteiger partial charge < -0.3 is 5.11 Å². The molecule has 68 valence electrons. The fourth-order valence-corrected chi connectivity index (χ4v) is 1.42. The Morgan fingerprint density at radius 3 is 2.09 bits per heavy atom. The van der Waals surface area contributed by atoms with Gasteiger partial charge in [0.2, 0.25) is 0 Å². The first-order chi connectivity index (χ1) is 5.25. The van der Waals surface area contributed by atoms with E-state index >= 15 is 0 Å². The smallest absolute Gasteiger partial charge is 0.0586 e. The van der Waals surface area contributed by atoms with E-state index in [1.807, 2.05) is 13.8 Å². The maximum atomic E-state index is 8.81. The summed E-state index contributed by atoms with van der Waals surface area (Å²) in [5.41, 5.74) is 0. The Morgan fingerprint density at radius 1 is 1.36 bits per heavy atom. The van der Waals surface area contributed by atoms with E-state index in [9.17, 15) is 0 Å². The van der Waals surface area contributed by atoms with E-state index < -0.39 is 0 Å². The second-order valence-electron chi connectivity index (χ2n) is 2.93. The number of rotatable bonds is 1. The van der Waals surface area contributed by atoms with Gasteiger partial charge in [0.1, 0.15) is 0 Å². The van der Waals surface area contributed by atoms with Crippen molar-refractivity contribution in [3.63, 3.8) is 0 Å². The summed E-state index contributed by atoms with van der Waals surface area (Å²) < 4.78 is 0. The average Bonchev–Trinajstić information content (AvgIpc) is 2.37. The SMILES string of the molecule is CC.CC1CC[C@@H](CO)N1C. The van der Waals surface area contributed by atoms with E-state index in [2.05, 4.69) is 18.9 Å². The molecule has 0 aromatic heterocycles. The summed E-state index contributed by atoms with van der Waals surface area (Å²) in [6.07, 6.45) is 2.40. The molecule has 2 heteroatoms. The average molecular weight is 159 g/mol. The first-order valence-corrected chi connectivity index (χ1v) is 4.58. The van der Waals surface area contributed by atoms with Gasteiger partial charge in [-0.15, -0.1) is 0 Å². The van der Waals surface area contributed by atoms with Gasteiger partial charge in [0.25, 0.3) is 0 Å². The lowest BCUT2D eigenvalue weighted by Gasteiger charge is -2.20. The van der Waals surface area contributed by atoms with Crippen LogP contribution in [0.15, 0.2) is 0 Å². The van der Waals surface area contributed by atoms with Crippen LogP contribution in [0.2, 0.25) is 0 Å².